The van der Waals surface area contributed by atoms with Crippen molar-refractivity contribution in [2.75, 3.05) is 0 Å². The first-order chi connectivity index (χ1) is 9.95. The molecule has 0 aliphatic rings. The summed E-state index contributed by atoms with van der Waals surface area (Å²) in [6, 6.07) is 3.76. The molecule has 0 unspecified atom stereocenters. The van der Waals surface area contributed by atoms with E-state index in [9.17, 15) is 9.59 Å². The molecular weight excluding hydrogens is 306 g/mol. The quantitative estimate of drug-likeness (QED) is 0.829. The van der Waals surface area contributed by atoms with Crippen LogP contribution in [-0.2, 0) is 11.3 Å². The van der Waals surface area contributed by atoms with E-state index in [-0.39, 0.29) is 5.91 Å². The summed E-state index contributed by atoms with van der Waals surface area (Å²) in [4.78, 5) is 25.6. The van der Waals surface area contributed by atoms with Gasteiger partial charge in [-0.3, -0.25) is 4.79 Å². The summed E-state index contributed by atoms with van der Waals surface area (Å²) in [6.07, 6.45) is 2.54. The highest BCUT2D eigenvalue weighted by Gasteiger charge is 2.09. The molecule has 6 heteroatoms. The van der Waals surface area contributed by atoms with Crippen LogP contribution in [0.25, 0.3) is 6.08 Å². The third-order valence-corrected chi connectivity index (χ3v) is 4.96. The molecule has 1 amide bonds. The van der Waals surface area contributed by atoms with Crippen molar-refractivity contribution in [3.8, 4) is 0 Å². The van der Waals surface area contributed by atoms with Crippen LogP contribution in [0.1, 0.15) is 30.6 Å². The van der Waals surface area contributed by atoms with E-state index in [1.54, 1.807) is 22.8 Å². The lowest BCUT2D eigenvalue weighted by Crippen LogP contribution is -2.21. The second kappa shape index (κ2) is 6.69. The molecule has 0 spiro atoms. The summed E-state index contributed by atoms with van der Waals surface area (Å²) in [5.74, 6) is -1.15. The van der Waals surface area contributed by atoms with Gasteiger partial charge in [0.25, 0.3) is 5.91 Å². The topological polar surface area (TPSA) is 66.4 Å². The fourth-order valence-corrected chi connectivity index (χ4v) is 3.49. The Kier molecular flexibility index (Phi) is 4.93. The summed E-state index contributed by atoms with van der Waals surface area (Å²) < 4.78 is 0. The minimum Gasteiger partial charge on any atom is -0.478 e. The van der Waals surface area contributed by atoms with E-state index in [0.717, 1.165) is 15.8 Å². The van der Waals surface area contributed by atoms with Crippen molar-refractivity contribution in [1.29, 1.82) is 0 Å². The summed E-state index contributed by atoms with van der Waals surface area (Å²) in [7, 11) is 0. The van der Waals surface area contributed by atoms with E-state index in [1.807, 2.05) is 0 Å². The highest BCUT2D eigenvalue weighted by molar-refractivity contribution is 7.12. The Labute approximate surface area is 130 Å². The van der Waals surface area contributed by atoms with Gasteiger partial charge in [-0.15, -0.1) is 22.7 Å². The number of thiophene rings is 2. The minimum absolute atomic E-state index is 0.148. The molecule has 0 atom stereocenters. The number of nitrogens with one attached hydrogen (secondary N) is 1. The zero-order valence-corrected chi connectivity index (χ0v) is 13.3. The maximum absolute atomic E-state index is 12.0. The van der Waals surface area contributed by atoms with E-state index < -0.39 is 5.97 Å². The number of hydrogen-bond acceptors (Lipinski definition) is 4. The number of aliphatic carboxylic acids is 1. The van der Waals surface area contributed by atoms with E-state index in [4.69, 9.17) is 5.11 Å². The maximum Gasteiger partial charge on any atom is 0.328 e. The Morgan fingerprint density at radius 2 is 2.10 bits per heavy atom. The molecule has 0 saturated carbocycles. The van der Waals surface area contributed by atoms with Crippen molar-refractivity contribution in [3.63, 3.8) is 0 Å². The zero-order valence-electron chi connectivity index (χ0n) is 11.7. The van der Waals surface area contributed by atoms with Gasteiger partial charge in [0.2, 0.25) is 0 Å². The van der Waals surface area contributed by atoms with Gasteiger partial charge in [0, 0.05) is 26.1 Å². The zero-order chi connectivity index (χ0) is 15.4. The molecule has 0 aliphatic carbocycles. The lowest BCUT2D eigenvalue weighted by molar-refractivity contribution is -0.131. The molecule has 4 nitrogen and oxygen atoms in total. The van der Waals surface area contributed by atoms with Crippen molar-refractivity contribution in [2.45, 2.75) is 20.4 Å². The van der Waals surface area contributed by atoms with Crippen molar-refractivity contribution >= 4 is 40.6 Å². The normalized spacial score (nSPS) is 11.0. The number of hydrogen-bond donors (Lipinski definition) is 2. The largest absolute Gasteiger partial charge is 0.478 e. The van der Waals surface area contributed by atoms with Crippen LogP contribution >= 0.6 is 22.7 Å². The van der Waals surface area contributed by atoms with Gasteiger partial charge in [0.1, 0.15) is 0 Å². The Morgan fingerprint density at radius 1 is 1.33 bits per heavy atom. The average molecular weight is 321 g/mol. The predicted octanol–water partition coefficient (Wildman–Crippen LogP) is 3.45. The minimum atomic E-state index is -1.00. The fraction of sp³-hybridized carbons (Fsp3) is 0.200. The molecular formula is C15H15NO3S2. The third kappa shape index (κ3) is 4.27. The number of carbonyl (C=O) groups excluding carboxylic acids is 1. The molecule has 2 heterocycles. The first kappa shape index (κ1) is 15.5. The number of carbonyl (C=O) groups is 2. The van der Waals surface area contributed by atoms with Crippen LogP contribution in [0.5, 0.6) is 0 Å². The van der Waals surface area contributed by atoms with Crippen LogP contribution in [0.15, 0.2) is 23.6 Å². The van der Waals surface area contributed by atoms with Crippen molar-refractivity contribution < 1.29 is 14.7 Å². The highest BCUT2D eigenvalue weighted by Crippen LogP contribution is 2.21. The van der Waals surface area contributed by atoms with Gasteiger partial charge in [-0.25, -0.2) is 4.79 Å². The highest BCUT2D eigenvalue weighted by atomic mass is 32.1. The lowest BCUT2D eigenvalue weighted by Gasteiger charge is -2.00. The lowest BCUT2D eigenvalue weighted by atomic mass is 10.2. The van der Waals surface area contributed by atoms with Crippen LogP contribution in [0.2, 0.25) is 0 Å². The maximum atomic E-state index is 12.0. The van der Waals surface area contributed by atoms with Crippen molar-refractivity contribution in [3.05, 3.63) is 49.3 Å². The van der Waals surface area contributed by atoms with E-state index in [1.165, 1.54) is 27.9 Å². The van der Waals surface area contributed by atoms with Gasteiger partial charge >= 0.3 is 5.97 Å². The number of amides is 1. The Hall–Kier alpha value is -1.92. The molecule has 2 N–H and O–H groups in total. The molecule has 0 aliphatic heterocycles. The number of rotatable bonds is 5. The van der Waals surface area contributed by atoms with Crippen LogP contribution in [0.3, 0.4) is 0 Å². The van der Waals surface area contributed by atoms with Gasteiger partial charge in [-0.1, -0.05) is 0 Å². The first-order valence-electron chi connectivity index (χ1n) is 6.29. The standard InChI is InChI=1S/C15H15NO3S2/c1-9-5-13(21-10(9)2)7-16-15(19)11-6-12(20-8-11)3-4-14(17)18/h3-6,8H,7H2,1-2H3,(H,16,19)(H,17,18). The number of carboxylic acid groups (broad SMARTS) is 1. The summed E-state index contributed by atoms with van der Waals surface area (Å²) in [5, 5.41) is 13.2. The van der Waals surface area contributed by atoms with Gasteiger partial charge in [-0.05, 0) is 37.6 Å². The average Bonchev–Trinajstić information content (AvgIpc) is 3.02. The second-order valence-corrected chi connectivity index (χ2v) is 6.83. The van der Waals surface area contributed by atoms with E-state index in [2.05, 4.69) is 25.2 Å². The molecule has 2 rings (SSSR count). The fourth-order valence-electron chi connectivity index (χ4n) is 1.72. The molecule has 110 valence electrons. The molecule has 2 aromatic heterocycles. The predicted molar refractivity (Wildman–Crippen MR) is 86.0 cm³/mol. The van der Waals surface area contributed by atoms with Gasteiger partial charge < -0.3 is 10.4 Å². The van der Waals surface area contributed by atoms with Crippen molar-refractivity contribution in [1.82, 2.24) is 5.32 Å². The van der Waals surface area contributed by atoms with Crippen LogP contribution in [0.4, 0.5) is 0 Å². The molecule has 0 radical (unpaired) electrons. The van der Waals surface area contributed by atoms with Crippen LogP contribution < -0.4 is 5.32 Å². The van der Waals surface area contributed by atoms with Crippen LogP contribution in [-0.4, -0.2) is 17.0 Å². The summed E-state index contributed by atoms with van der Waals surface area (Å²) in [5.41, 5.74) is 1.79. The monoisotopic (exact) mass is 321 g/mol. The molecule has 0 aromatic carbocycles. The summed E-state index contributed by atoms with van der Waals surface area (Å²) in [6.45, 7) is 4.62. The molecule has 2 aromatic rings. The first-order valence-corrected chi connectivity index (χ1v) is 7.99. The van der Waals surface area contributed by atoms with Crippen LogP contribution in [0, 0.1) is 13.8 Å². The molecule has 0 fully saturated rings. The summed E-state index contributed by atoms with van der Waals surface area (Å²) >= 11 is 3.02. The Balaban J connectivity index is 1.96. The molecule has 21 heavy (non-hydrogen) atoms. The van der Waals surface area contributed by atoms with E-state index >= 15 is 0 Å². The Bertz CT molecular complexity index is 678. The molecule has 0 bridgehead atoms. The Morgan fingerprint density at radius 3 is 2.71 bits per heavy atom. The van der Waals surface area contributed by atoms with Gasteiger partial charge in [0.05, 0.1) is 12.1 Å². The smallest absolute Gasteiger partial charge is 0.328 e. The number of carboxylic acids is 1. The van der Waals surface area contributed by atoms with Gasteiger partial charge in [-0.2, -0.15) is 0 Å². The second-order valence-electron chi connectivity index (χ2n) is 4.54. The van der Waals surface area contributed by atoms with Gasteiger partial charge in [0.15, 0.2) is 0 Å². The van der Waals surface area contributed by atoms with E-state index in [0.29, 0.717) is 12.1 Å². The third-order valence-electron chi connectivity index (χ3n) is 2.91. The number of aryl methyl sites for hydroxylation is 2. The SMILES string of the molecule is Cc1cc(CNC(=O)c2csc(C=CC(=O)O)c2)sc1C. The molecule has 0 saturated heterocycles. The van der Waals surface area contributed by atoms with Crippen molar-refractivity contribution in [2.24, 2.45) is 0 Å².